The second-order valence-corrected chi connectivity index (χ2v) is 6.25. The summed E-state index contributed by atoms with van der Waals surface area (Å²) < 4.78 is 0. The van der Waals surface area contributed by atoms with Crippen LogP contribution < -0.4 is 10.6 Å². The lowest BCUT2D eigenvalue weighted by molar-refractivity contribution is -0.123. The number of aryl methyl sites for hydroxylation is 1. The summed E-state index contributed by atoms with van der Waals surface area (Å²) in [5, 5.41) is 0. The number of fused-ring (bicyclic) bond motifs is 1. The van der Waals surface area contributed by atoms with Crippen LogP contribution >= 0.6 is 0 Å². The van der Waals surface area contributed by atoms with E-state index in [0.717, 1.165) is 30.4 Å². The molecule has 0 bridgehead atoms. The minimum Gasteiger partial charge on any atom is -0.326 e. The molecule has 0 spiro atoms. The molecule has 2 unspecified atom stereocenters. The Balaban J connectivity index is 1.97. The Morgan fingerprint density at radius 3 is 2.33 bits per heavy atom. The number of benzene rings is 1. The number of carbonyl (C=O) groups is 2. The van der Waals surface area contributed by atoms with Crippen molar-refractivity contribution in [3.63, 3.8) is 0 Å². The van der Waals surface area contributed by atoms with Gasteiger partial charge in [-0.1, -0.05) is 25.5 Å². The Morgan fingerprint density at radius 2 is 1.81 bits per heavy atom. The van der Waals surface area contributed by atoms with E-state index >= 15 is 0 Å². The molecule has 2 N–H and O–H groups in total. The lowest BCUT2D eigenvalue weighted by atomic mass is 10.00. The fourth-order valence-corrected chi connectivity index (χ4v) is 3.86. The number of carbonyl (C=O) groups excluding carboxylic acids is 2. The Kier molecular flexibility index (Phi) is 3.57. The molecule has 21 heavy (non-hydrogen) atoms. The summed E-state index contributed by atoms with van der Waals surface area (Å²) in [4.78, 5) is 26.8. The van der Waals surface area contributed by atoms with Crippen LogP contribution in [0, 0.1) is 24.7 Å². The number of amides is 2. The Bertz CT molecular complexity index is 572. The third kappa shape index (κ3) is 2.09. The zero-order chi connectivity index (χ0) is 15.1. The molecule has 2 fully saturated rings. The van der Waals surface area contributed by atoms with E-state index in [0.29, 0.717) is 18.2 Å². The molecule has 1 aromatic carbocycles. The van der Waals surface area contributed by atoms with Crippen molar-refractivity contribution in [2.45, 2.75) is 39.7 Å². The van der Waals surface area contributed by atoms with Crippen molar-refractivity contribution in [1.82, 2.24) is 0 Å². The zero-order valence-corrected chi connectivity index (χ0v) is 12.6. The van der Waals surface area contributed by atoms with Crippen molar-refractivity contribution in [3.8, 4) is 0 Å². The van der Waals surface area contributed by atoms with Gasteiger partial charge in [0.05, 0.1) is 17.5 Å². The van der Waals surface area contributed by atoms with E-state index in [9.17, 15) is 9.59 Å². The van der Waals surface area contributed by atoms with Crippen LogP contribution in [0.4, 0.5) is 5.69 Å². The van der Waals surface area contributed by atoms with Gasteiger partial charge in [-0.3, -0.25) is 9.59 Å². The average Bonchev–Trinajstić information content (AvgIpc) is 2.99. The maximum atomic E-state index is 12.7. The highest BCUT2D eigenvalue weighted by atomic mass is 16.2. The van der Waals surface area contributed by atoms with Gasteiger partial charge in [0.15, 0.2) is 0 Å². The van der Waals surface area contributed by atoms with Crippen molar-refractivity contribution < 1.29 is 9.59 Å². The van der Waals surface area contributed by atoms with Gasteiger partial charge < -0.3 is 5.73 Å². The van der Waals surface area contributed by atoms with Crippen molar-refractivity contribution in [2.24, 2.45) is 23.5 Å². The molecule has 0 radical (unpaired) electrons. The Morgan fingerprint density at radius 1 is 1.19 bits per heavy atom. The van der Waals surface area contributed by atoms with Crippen LogP contribution in [0.2, 0.25) is 0 Å². The van der Waals surface area contributed by atoms with Crippen molar-refractivity contribution in [3.05, 3.63) is 29.3 Å². The van der Waals surface area contributed by atoms with Gasteiger partial charge >= 0.3 is 0 Å². The summed E-state index contributed by atoms with van der Waals surface area (Å²) in [6.45, 7) is 4.43. The summed E-state index contributed by atoms with van der Waals surface area (Å²) in [5.41, 5.74) is 8.43. The van der Waals surface area contributed by atoms with Crippen molar-refractivity contribution >= 4 is 17.5 Å². The fraction of sp³-hybridized carbons (Fsp3) is 0.529. The molecule has 2 amide bonds. The molecule has 1 aliphatic carbocycles. The molecule has 0 aromatic heterocycles. The summed E-state index contributed by atoms with van der Waals surface area (Å²) in [6.07, 6.45) is 2.75. The third-order valence-electron chi connectivity index (χ3n) is 5.14. The van der Waals surface area contributed by atoms with Gasteiger partial charge in [-0.25, -0.2) is 4.90 Å². The molecule has 1 saturated carbocycles. The number of imide groups is 1. The Hall–Kier alpha value is -1.68. The topological polar surface area (TPSA) is 63.4 Å². The van der Waals surface area contributed by atoms with E-state index in [1.807, 2.05) is 25.1 Å². The smallest absolute Gasteiger partial charge is 0.237 e. The first-order valence-corrected chi connectivity index (χ1v) is 7.74. The Labute approximate surface area is 125 Å². The van der Waals surface area contributed by atoms with Gasteiger partial charge in [0, 0.05) is 6.54 Å². The lowest BCUT2D eigenvalue weighted by Gasteiger charge is -2.21. The van der Waals surface area contributed by atoms with Gasteiger partial charge in [0.1, 0.15) is 0 Å². The lowest BCUT2D eigenvalue weighted by Crippen LogP contribution is -2.33. The maximum Gasteiger partial charge on any atom is 0.237 e. The molecular formula is C17H22N2O2. The first kappa shape index (κ1) is 14.3. The second kappa shape index (κ2) is 5.26. The molecule has 1 heterocycles. The quantitative estimate of drug-likeness (QED) is 0.868. The van der Waals surface area contributed by atoms with Crippen LogP contribution in [0.5, 0.6) is 0 Å². The molecule has 112 valence electrons. The van der Waals surface area contributed by atoms with E-state index in [1.54, 1.807) is 0 Å². The van der Waals surface area contributed by atoms with Crippen LogP contribution in [0.1, 0.15) is 37.3 Å². The van der Waals surface area contributed by atoms with Gasteiger partial charge in [-0.05, 0) is 42.9 Å². The van der Waals surface area contributed by atoms with E-state index < -0.39 is 0 Å². The fourth-order valence-electron chi connectivity index (χ4n) is 3.86. The number of hydrogen-bond donors (Lipinski definition) is 1. The largest absolute Gasteiger partial charge is 0.326 e. The van der Waals surface area contributed by atoms with Gasteiger partial charge in [0.25, 0.3) is 0 Å². The van der Waals surface area contributed by atoms with E-state index in [4.69, 9.17) is 5.73 Å². The summed E-state index contributed by atoms with van der Waals surface area (Å²) in [6, 6.07) is 5.68. The van der Waals surface area contributed by atoms with Crippen molar-refractivity contribution in [1.29, 1.82) is 0 Å². The van der Waals surface area contributed by atoms with Crippen LogP contribution in [0.25, 0.3) is 0 Å². The number of nitrogens with zero attached hydrogens (tertiary/aromatic N) is 1. The summed E-state index contributed by atoms with van der Waals surface area (Å²) in [5.74, 6) is 0.228. The third-order valence-corrected chi connectivity index (χ3v) is 5.14. The molecule has 1 aromatic rings. The molecule has 4 heteroatoms. The van der Waals surface area contributed by atoms with Gasteiger partial charge in [-0.15, -0.1) is 0 Å². The van der Waals surface area contributed by atoms with Gasteiger partial charge in [0.2, 0.25) is 11.8 Å². The molecule has 2 atom stereocenters. The SMILES string of the molecule is CCC1CC2C(=O)N(c3cccc(C)c3CN)C(=O)C2C1. The predicted octanol–water partition coefficient (Wildman–Crippen LogP) is 2.38. The normalized spacial score (nSPS) is 28.3. The molecule has 4 nitrogen and oxygen atoms in total. The molecular weight excluding hydrogens is 264 g/mol. The highest BCUT2D eigenvalue weighted by Crippen LogP contribution is 2.46. The van der Waals surface area contributed by atoms with Gasteiger partial charge in [-0.2, -0.15) is 0 Å². The number of anilines is 1. The molecule has 1 aliphatic heterocycles. The van der Waals surface area contributed by atoms with E-state index in [1.165, 1.54) is 4.90 Å². The predicted molar refractivity (Wildman–Crippen MR) is 81.6 cm³/mol. The molecule has 2 aliphatic rings. The minimum absolute atomic E-state index is 0.0266. The first-order valence-electron chi connectivity index (χ1n) is 7.74. The van der Waals surface area contributed by atoms with Crippen LogP contribution in [-0.4, -0.2) is 11.8 Å². The summed E-state index contributed by atoms with van der Waals surface area (Å²) >= 11 is 0. The minimum atomic E-state index is -0.117. The monoisotopic (exact) mass is 286 g/mol. The van der Waals surface area contributed by atoms with E-state index in [-0.39, 0.29) is 23.7 Å². The number of hydrogen-bond acceptors (Lipinski definition) is 3. The summed E-state index contributed by atoms with van der Waals surface area (Å²) in [7, 11) is 0. The van der Waals surface area contributed by atoms with E-state index in [2.05, 4.69) is 6.92 Å². The van der Waals surface area contributed by atoms with Crippen molar-refractivity contribution in [2.75, 3.05) is 4.90 Å². The first-order chi connectivity index (χ1) is 10.1. The zero-order valence-electron chi connectivity index (χ0n) is 12.6. The van der Waals surface area contributed by atoms with Crippen LogP contribution in [-0.2, 0) is 16.1 Å². The second-order valence-electron chi connectivity index (χ2n) is 6.25. The average molecular weight is 286 g/mol. The molecule has 3 rings (SSSR count). The highest BCUT2D eigenvalue weighted by Gasteiger charge is 2.53. The standard InChI is InChI=1S/C17H22N2O2/c1-3-11-7-12-13(8-11)17(21)19(16(12)20)15-6-4-5-10(2)14(15)9-18/h4-6,11-13H,3,7-9,18H2,1-2H3. The maximum absolute atomic E-state index is 12.7. The van der Waals surface area contributed by atoms with Crippen LogP contribution in [0.3, 0.4) is 0 Å². The van der Waals surface area contributed by atoms with Crippen LogP contribution in [0.15, 0.2) is 18.2 Å². The molecule has 1 saturated heterocycles. The number of nitrogens with two attached hydrogens (primary N) is 1. The number of rotatable bonds is 3. The highest BCUT2D eigenvalue weighted by molar-refractivity contribution is 6.22.